The molecule has 4 nitrogen and oxygen atoms in total. The third-order valence-electron chi connectivity index (χ3n) is 5.71. The summed E-state index contributed by atoms with van der Waals surface area (Å²) in [5.74, 6) is -0.111. The van der Waals surface area contributed by atoms with Gasteiger partial charge in [0.15, 0.2) is 0 Å². The standard InChI is InChI=1S/C26H26Cl2N2O2S/c1-17(2)15-29(26(32)19-12-20(27)14-21(28)13-19)16-24(31)30-10-8-23-22(9-11-33-23)25(30)18-6-4-3-5-7-18/h3-7,9,11-14,17,25H,8,10,15-16H2,1-2H3. The first kappa shape index (κ1) is 23.8. The molecule has 1 atom stereocenters. The second-order valence-corrected chi connectivity index (χ2v) is 10.6. The number of thiophene rings is 1. The Labute approximate surface area is 208 Å². The molecule has 3 aromatic rings. The highest BCUT2D eigenvalue weighted by Crippen LogP contribution is 2.37. The van der Waals surface area contributed by atoms with E-state index in [0.717, 1.165) is 12.0 Å². The van der Waals surface area contributed by atoms with E-state index >= 15 is 0 Å². The van der Waals surface area contributed by atoms with Gasteiger partial charge in [-0.15, -0.1) is 11.3 Å². The van der Waals surface area contributed by atoms with E-state index < -0.39 is 0 Å². The van der Waals surface area contributed by atoms with E-state index in [2.05, 4.69) is 23.6 Å². The van der Waals surface area contributed by atoms with E-state index in [9.17, 15) is 9.59 Å². The Morgan fingerprint density at radius 2 is 1.79 bits per heavy atom. The van der Waals surface area contributed by atoms with Crippen LogP contribution in [0.5, 0.6) is 0 Å². The van der Waals surface area contributed by atoms with Gasteiger partial charge in [0.05, 0.1) is 6.04 Å². The Morgan fingerprint density at radius 3 is 2.45 bits per heavy atom. The number of benzene rings is 2. The SMILES string of the molecule is CC(C)CN(CC(=O)N1CCc2sccc2C1c1ccccc1)C(=O)c1cc(Cl)cc(Cl)c1. The van der Waals surface area contributed by atoms with E-state index in [1.54, 1.807) is 34.4 Å². The van der Waals surface area contributed by atoms with Crippen LogP contribution in [0.15, 0.2) is 60.0 Å². The minimum Gasteiger partial charge on any atom is -0.330 e. The number of hydrogen-bond donors (Lipinski definition) is 0. The Morgan fingerprint density at radius 1 is 1.09 bits per heavy atom. The van der Waals surface area contributed by atoms with E-state index in [0.29, 0.717) is 28.7 Å². The molecule has 1 aliphatic rings. The predicted molar refractivity (Wildman–Crippen MR) is 135 cm³/mol. The molecule has 0 bridgehead atoms. The average Bonchev–Trinajstić information content (AvgIpc) is 3.26. The summed E-state index contributed by atoms with van der Waals surface area (Å²) in [6.07, 6.45) is 0.824. The first-order valence-corrected chi connectivity index (χ1v) is 12.6. The zero-order valence-electron chi connectivity index (χ0n) is 18.6. The molecule has 172 valence electrons. The quantitative estimate of drug-likeness (QED) is 0.396. The van der Waals surface area contributed by atoms with Gasteiger partial charge in [0.1, 0.15) is 6.54 Å². The zero-order chi connectivity index (χ0) is 23.5. The third kappa shape index (κ3) is 5.43. The molecule has 1 unspecified atom stereocenters. The van der Waals surface area contributed by atoms with Crippen LogP contribution in [0.25, 0.3) is 0 Å². The summed E-state index contributed by atoms with van der Waals surface area (Å²) >= 11 is 14.0. The lowest BCUT2D eigenvalue weighted by atomic mass is 9.93. The fourth-order valence-corrected chi connectivity index (χ4v) is 5.78. The van der Waals surface area contributed by atoms with Gasteiger partial charge in [-0.25, -0.2) is 0 Å². The zero-order valence-corrected chi connectivity index (χ0v) is 21.0. The fraction of sp³-hybridized carbons (Fsp3) is 0.308. The maximum absolute atomic E-state index is 13.7. The second kappa shape index (κ2) is 10.3. The molecule has 1 aliphatic heterocycles. The van der Waals surface area contributed by atoms with Gasteiger partial charge in [0, 0.05) is 33.6 Å². The number of hydrogen-bond acceptors (Lipinski definition) is 3. The van der Waals surface area contributed by atoms with Crippen molar-refractivity contribution in [2.45, 2.75) is 26.3 Å². The van der Waals surface area contributed by atoms with Crippen molar-refractivity contribution in [1.82, 2.24) is 9.80 Å². The Bertz CT molecular complexity index is 1130. The van der Waals surface area contributed by atoms with Gasteiger partial charge in [-0.05, 0) is 53.1 Å². The minimum atomic E-state index is -0.244. The average molecular weight is 501 g/mol. The highest BCUT2D eigenvalue weighted by atomic mass is 35.5. The van der Waals surface area contributed by atoms with Crippen molar-refractivity contribution >= 4 is 46.4 Å². The van der Waals surface area contributed by atoms with Crippen molar-refractivity contribution in [2.24, 2.45) is 5.92 Å². The normalized spacial score (nSPS) is 15.4. The fourth-order valence-electron chi connectivity index (χ4n) is 4.35. The van der Waals surface area contributed by atoms with E-state index in [4.69, 9.17) is 23.2 Å². The summed E-state index contributed by atoms with van der Waals surface area (Å²) in [6.45, 7) is 5.15. The van der Waals surface area contributed by atoms with Crippen molar-refractivity contribution in [3.63, 3.8) is 0 Å². The van der Waals surface area contributed by atoms with Crippen LogP contribution < -0.4 is 0 Å². The van der Waals surface area contributed by atoms with Crippen molar-refractivity contribution in [1.29, 1.82) is 0 Å². The van der Waals surface area contributed by atoms with Crippen LogP contribution in [0.4, 0.5) is 0 Å². The molecular weight excluding hydrogens is 475 g/mol. The summed E-state index contributed by atoms with van der Waals surface area (Å²) in [5.41, 5.74) is 2.64. The highest BCUT2D eigenvalue weighted by molar-refractivity contribution is 7.10. The van der Waals surface area contributed by atoms with Gasteiger partial charge in [-0.2, -0.15) is 0 Å². The molecule has 7 heteroatoms. The summed E-state index contributed by atoms with van der Waals surface area (Å²) in [6, 6.07) is 16.8. The lowest BCUT2D eigenvalue weighted by molar-refractivity contribution is -0.134. The van der Waals surface area contributed by atoms with Crippen LogP contribution >= 0.6 is 34.5 Å². The number of amides is 2. The maximum Gasteiger partial charge on any atom is 0.254 e. The smallest absolute Gasteiger partial charge is 0.254 e. The topological polar surface area (TPSA) is 40.6 Å². The minimum absolute atomic E-state index is 0.00392. The van der Waals surface area contributed by atoms with Gasteiger partial charge in [-0.1, -0.05) is 67.4 Å². The molecule has 2 aromatic carbocycles. The van der Waals surface area contributed by atoms with Crippen molar-refractivity contribution < 1.29 is 9.59 Å². The van der Waals surface area contributed by atoms with Crippen LogP contribution in [0, 0.1) is 5.92 Å². The number of nitrogens with zero attached hydrogens (tertiary/aromatic N) is 2. The summed E-state index contributed by atoms with van der Waals surface area (Å²) in [7, 11) is 0. The summed E-state index contributed by atoms with van der Waals surface area (Å²) in [5, 5.41) is 2.88. The van der Waals surface area contributed by atoms with Gasteiger partial charge >= 0.3 is 0 Å². The molecule has 1 aromatic heterocycles. The van der Waals surface area contributed by atoms with Crippen molar-refractivity contribution in [3.05, 3.63) is 91.6 Å². The van der Waals surface area contributed by atoms with Crippen molar-refractivity contribution in [3.8, 4) is 0 Å². The second-order valence-electron chi connectivity index (χ2n) is 8.69. The van der Waals surface area contributed by atoms with E-state index in [1.165, 1.54) is 10.4 Å². The largest absolute Gasteiger partial charge is 0.330 e. The lowest BCUT2D eigenvalue weighted by Gasteiger charge is -2.38. The van der Waals surface area contributed by atoms with Gasteiger partial charge in [-0.3, -0.25) is 9.59 Å². The molecule has 0 aliphatic carbocycles. The number of fused-ring (bicyclic) bond motifs is 1. The summed E-state index contributed by atoms with van der Waals surface area (Å²) in [4.78, 5) is 31.8. The first-order chi connectivity index (χ1) is 15.8. The number of halogens is 2. The molecule has 2 heterocycles. The summed E-state index contributed by atoms with van der Waals surface area (Å²) < 4.78 is 0. The highest BCUT2D eigenvalue weighted by Gasteiger charge is 2.34. The number of carbonyl (C=O) groups is 2. The van der Waals surface area contributed by atoms with Crippen molar-refractivity contribution in [2.75, 3.05) is 19.6 Å². The van der Waals surface area contributed by atoms with Gasteiger partial charge < -0.3 is 9.80 Å². The molecule has 33 heavy (non-hydrogen) atoms. The molecular formula is C26H26Cl2N2O2S. The lowest BCUT2D eigenvalue weighted by Crippen LogP contribution is -2.47. The van der Waals surface area contributed by atoms with Gasteiger partial charge in [0.2, 0.25) is 5.91 Å². The molecule has 0 saturated heterocycles. The molecule has 0 fully saturated rings. The Hall–Kier alpha value is -2.34. The predicted octanol–water partition coefficient (Wildman–Crippen LogP) is 6.33. The number of carbonyl (C=O) groups excluding carboxylic acids is 2. The maximum atomic E-state index is 13.7. The van der Waals surface area contributed by atoms with E-state index in [-0.39, 0.29) is 30.3 Å². The number of rotatable bonds is 6. The molecule has 0 radical (unpaired) electrons. The van der Waals surface area contributed by atoms with Crippen LogP contribution in [0.2, 0.25) is 10.0 Å². The van der Waals surface area contributed by atoms with Gasteiger partial charge in [0.25, 0.3) is 5.91 Å². The van der Waals surface area contributed by atoms with Crippen LogP contribution in [-0.2, 0) is 11.2 Å². The Kier molecular flexibility index (Phi) is 7.42. The van der Waals surface area contributed by atoms with Crippen LogP contribution in [-0.4, -0.2) is 41.2 Å². The molecule has 0 saturated carbocycles. The monoisotopic (exact) mass is 500 g/mol. The molecule has 4 rings (SSSR count). The Balaban J connectivity index is 1.62. The van der Waals surface area contributed by atoms with Crippen LogP contribution in [0.1, 0.15) is 46.3 Å². The molecule has 0 spiro atoms. The molecule has 2 amide bonds. The van der Waals surface area contributed by atoms with E-state index in [1.807, 2.05) is 36.9 Å². The molecule has 0 N–H and O–H groups in total. The first-order valence-electron chi connectivity index (χ1n) is 11.0. The van der Waals surface area contributed by atoms with Crippen LogP contribution in [0.3, 0.4) is 0 Å². The third-order valence-corrected chi connectivity index (χ3v) is 7.14.